The van der Waals surface area contributed by atoms with Crippen molar-refractivity contribution in [3.05, 3.63) is 35.9 Å². The Balaban J connectivity index is 1.50. The minimum Gasteiger partial charge on any atom is -0.380 e. The number of ether oxygens (including phenoxy) is 3. The van der Waals surface area contributed by atoms with Crippen LogP contribution in [0.25, 0.3) is 0 Å². The Morgan fingerprint density at radius 1 is 1.09 bits per heavy atom. The molecular formula is C19H26O4. The summed E-state index contributed by atoms with van der Waals surface area (Å²) in [6.45, 7) is 4.18. The van der Waals surface area contributed by atoms with E-state index in [1.165, 1.54) is 5.56 Å². The molecule has 1 aliphatic heterocycles. The summed E-state index contributed by atoms with van der Waals surface area (Å²) in [5.41, 5.74) is 0.900. The highest BCUT2D eigenvalue weighted by Crippen LogP contribution is 2.45. The van der Waals surface area contributed by atoms with E-state index in [1.807, 2.05) is 18.2 Å². The number of Topliss-reactive ketones (excluding diaryl/α,β-unsaturated/α-hetero) is 1. The molecule has 0 amide bonds. The Morgan fingerprint density at radius 2 is 1.74 bits per heavy atom. The number of benzene rings is 1. The zero-order valence-corrected chi connectivity index (χ0v) is 13.9. The summed E-state index contributed by atoms with van der Waals surface area (Å²) < 4.78 is 17.4. The molecule has 126 valence electrons. The lowest BCUT2D eigenvalue weighted by Gasteiger charge is -2.42. The molecule has 1 saturated carbocycles. The average Bonchev–Trinajstić information content (AvgIpc) is 3.03. The van der Waals surface area contributed by atoms with Crippen molar-refractivity contribution in [2.75, 3.05) is 26.4 Å². The van der Waals surface area contributed by atoms with Gasteiger partial charge < -0.3 is 14.2 Å². The van der Waals surface area contributed by atoms with Crippen molar-refractivity contribution in [3.8, 4) is 0 Å². The Labute approximate surface area is 138 Å². The third-order valence-electron chi connectivity index (χ3n) is 5.29. The van der Waals surface area contributed by atoms with E-state index in [0.717, 1.165) is 32.1 Å². The number of hydrogen-bond donors (Lipinski definition) is 0. The lowest BCUT2D eigenvalue weighted by atomic mass is 9.70. The van der Waals surface area contributed by atoms with Crippen LogP contribution >= 0.6 is 0 Å². The number of hydrogen-bond acceptors (Lipinski definition) is 4. The van der Waals surface area contributed by atoms with E-state index in [1.54, 1.807) is 6.92 Å². The minimum absolute atomic E-state index is 0.227. The van der Waals surface area contributed by atoms with Gasteiger partial charge in [0, 0.05) is 12.8 Å². The normalized spacial score (nSPS) is 22.3. The molecule has 23 heavy (non-hydrogen) atoms. The highest BCUT2D eigenvalue weighted by atomic mass is 16.7. The van der Waals surface area contributed by atoms with Gasteiger partial charge in [-0.1, -0.05) is 30.3 Å². The minimum atomic E-state index is -0.428. The fourth-order valence-corrected chi connectivity index (χ4v) is 3.60. The van der Waals surface area contributed by atoms with E-state index in [9.17, 15) is 4.79 Å². The van der Waals surface area contributed by atoms with E-state index in [-0.39, 0.29) is 11.2 Å². The zero-order valence-electron chi connectivity index (χ0n) is 13.9. The summed E-state index contributed by atoms with van der Waals surface area (Å²) in [7, 11) is 0. The predicted octanol–water partition coefficient (Wildman–Crippen LogP) is 3.14. The summed E-state index contributed by atoms with van der Waals surface area (Å²) >= 11 is 0. The highest BCUT2D eigenvalue weighted by molar-refractivity contribution is 5.82. The molecule has 1 aliphatic carbocycles. The van der Waals surface area contributed by atoms with Crippen molar-refractivity contribution >= 4 is 5.78 Å². The van der Waals surface area contributed by atoms with Crippen LogP contribution in [0.2, 0.25) is 0 Å². The van der Waals surface area contributed by atoms with Crippen LogP contribution in [0.15, 0.2) is 30.3 Å². The molecule has 0 aromatic heterocycles. The number of carbonyl (C=O) groups is 1. The third kappa shape index (κ3) is 3.82. The van der Waals surface area contributed by atoms with Gasteiger partial charge in [0.1, 0.15) is 5.78 Å². The first kappa shape index (κ1) is 16.6. The number of rotatable bonds is 6. The van der Waals surface area contributed by atoms with Gasteiger partial charge in [-0.15, -0.1) is 0 Å². The fourth-order valence-electron chi connectivity index (χ4n) is 3.60. The van der Waals surface area contributed by atoms with Crippen LogP contribution in [0, 0.1) is 5.41 Å². The van der Waals surface area contributed by atoms with Gasteiger partial charge in [-0.3, -0.25) is 4.79 Å². The van der Waals surface area contributed by atoms with Gasteiger partial charge in [0.2, 0.25) is 0 Å². The standard InChI is InChI=1S/C19H26O4/c1-16(20)18(8-10-19(11-9-18)22-13-14-23-19)15-21-12-7-17-5-3-2-4-6-17/h2-6H,7-15H2,1H3. The lowest BCUT2D eigenvalue weighted by molar-refractivity contribution is -0.196. The van der Waals surface area contributed by atoms with Gasteiger partial charge in [0.05, 0.1) is 31.8 Å². The van der Waals surface area contributed by atoms with Crippen molar-refractivity contribution in [2.45, 2.75) is 44.8 Å². The van der Waals surface area contributed by atoms with E-state index in [4.69, 9.17) is 14.2 Å². The molecule has 1 heterocycles. The molecule has 1 aromatic rings. The Bertz CT molecular complexity index is 509. The smallest absolute Gasteiger partial charge is 0.168 e. The monoisotopic (exact) mass is 318 g/mol. The summed E-state index contributed by atoms with van der Waals surface area (Å²) in [5, 5.41) is 0. The summed E-state index contributed by atoms with van der Waals surface area (Å²) in [6.07, 6.45) is 4.02. The van der Waals surface area contributed by atoms with E-state index in [0.29, 0.717) is 26.4 Å². The fraction of sp³-hybridized carbons (Fsp3) is 0.632. The molecule has 1 spiro atoms. The van der Waals surface area contributed by atoms with Crippen LogP contribution in [0.3, 0.4) is 0 Å². The zero-order chi connectivity index (χ0) is 16.2. The Hall–Kier alpha value is -1.23. The van der Waals surface area contributed by atoms with Crippen LogP contribution in [0.4, 0.5) is 0 Å². The van der Waals surface area contributed by atoms with Crippen molar-refractivity contribution in [3.63, 3.8) is 0 Å². The molecule has 0 atom stereocenters. The second kappa shape index (κ2) is 7.12. The van der Waals surface area contributed by atoms with Gasteiger partial charge in [-0.2, -0.15) is 0 Å². The molecule has 3 rings (SSSR count). The highest BCUT2D eigenvalue weighted by Gasteiger charge is 2.48. The van der Waals surface area contributed by atoms with Gasteiger partial charge in [-0.25, -0.2) is 0 Å². The van der Waals surface area contributed by atoms with Gasteiger partial charge in [0.25, 0.3) is 0 Å². The molecule has 0 radical (unpaired) electrons. The SMILES string of the molecule is CC(=O)C1(COCCc2ccccc2)CCC2(CC1)OCCO2. The van der Waals surface area contributed by atoms with Crippen LogP contribution < -0.4 is 0 Å². The number of carbonyl (C=O) groups excluding carboxylic acids is 1. The lowest BCUT2D eigenvalue weighted by Crippen LogP contribution is -2.45. The first-order valence-corrected chi connectivity index (χ1v) is 8.55. The quantitative estimate of drug-likeness (QED) is 0.756. The third-order valence-corrected chi connectivity index (χ3v) is 5.29. The Kier molecular flexibility index (Phi) is 5.14. The van der Waals surface area contributed by atoms with E-state index < -0.39 is 5.79 Å². The molecular weight excluding hydrogens is 292 g/mol. The van der Waals surface area contributed by atoms with Crippen molar-refractivity contribution in [1.29, 1.82) is 0 Å². The second-order valence-electron chi connectivity index (χ2n) is 6.73. The molecule has 0 unspecified atom stereocenters. The number of ketones is 1. The van der Waals surface area contributed by atoms with Crippen LogP contribution in [-0.4, -0.2) is 38.0 Å². The first-order chi connectivity index (χ1) is 11.1. The molecule has 4 nitrogen and oxygen atoms in total. The van der Waals surface area contributed by atoms with E-state index >= 15 is 0 Å². The molecule has 0 N–H and O–H groups in total. The largest absolute Gasteiger partial charge is 0.380 e. The van der Waals surface area contributed by atoms with Gasteiger partial charge in [-0.05, 0) is 31.7 Å². The Morgan fingerprint density at radius 3 is 2.35 bits per heavy atom. The van der Waals surface area contributed by atoms with Crippen molar-refractivity contribution in [1.82, 2.24) is 0 Å². The first-order valence-electron chi connectivity index (χ1n) is 8.55. The summed E-state index contributed by atoms with van der Waals surface area (Å²) in [6, 6.07) is 10.3. The maximum atomic E-state index is 12.2. The van der Waals surface area contributed by atoms with Crippen molar-refractivity contribution < 1.29 is 19.0 Å². The van der Waals surface area contributed by atoms with Gasteiger partial charge >= 0.3 is 0 Å². The maximum absolute atomic E-state index is 12.2. The van der Waals surface area contributed by atoms with Gasteiger partial charge in [0.15, 0.2) is 5.79 Å². The topological polar surface area (TPSA) is 44.8 Å². The molecule has 1 aromatic carbocycles. The summed E-state index contributed by atoms with van der Waals surface area (Å²) in [5.74, 6) is -0.201. The molecule has 4 heteroatoms. The summed E-state index contributed by atoms with van der Waals surface area (Å²) in [4.78, 5) is 12.2. The molecule has 0 bridgehead atoms. The molecule has 2 fully saturated rings. The second-order valence-corrected chi connectivity index (χ2v) is 6.73. The molecule has 1 saturated heterocycles. The predicted molar refractivity (Wildman–Crippen MR) is 87.2 cm³/mol. The average molecular weight is 318 g/mol. The van der Waals surface area contributed by atoms with Crippen LogP contribution in [-0.2, 0) is 25.4 Å². The van der Waals surface area contributed by atoms with Crippen LogP contribution in [0.1, 0.15) is 38.2 Å². The van der Waals surface area contributed by atoms with Crippen molar-refractivity contribution in [2.24, 2.45) is 5.41 Å². The maximum Gasteiger partial charge on any atom is 0.168 e. The van der Waals surface area contributed by atoms with Crippen LogP contribution in [0.5, 0.6) is 0 Å². The van der Waals surface area contributed by atoms with E-state index in [2.05, 4.69) is 12.1 Å². The molecule has 2 aliphatic rings.